The lowest BCUT2D eigenvalue weighted by Gasteiger charge is -2.24. The molecule has 2 fully saturated rings. The molecule has 3 atom stereocenters. The fourth-order valence-electron chi connectivity index (χ4n) is 2.57. The number of carboxylic acid groups (broad SMARTS) is 1. The van der Waals surface area contributed by atoms with E-state index in [2.05, 4.69) is 0 Å². The molecule has 1 aliphatic heterocycles. The van der Waals surface area contributed by atoms with Crippen molar-refractivity contribution in [2.45, 2.75) is 38.2 Å². The van der Waals surface area contributed by atoms with Crippen LogP contribution in [0.25, 0.3) is 0 Å². The van der Waals surface area contributed by atoms with Crippen LogP contribution in [-0.2, 0) is 14.3 Å². The normalized spacial score (nSPS) is 36.3. The van der Waals surface area contributed by atoms with Crippen LogP contribution in [-0.4, -0.2) is 23.1 Å². The summed E-state index contributed by atoms with van der Waals surface area (Å²) in [5, 5.41) is 8.67. The average molecular weight is 198 g/mol. The Bertz CT molecular complexity index is 261. The minimum atomic E-state index is -0.904. The van der Waals surface area contributed by atoms with Gasteiger partial charge in [0.25, 0.3) is 0 Å². The monoisotopic (exact) mass is 198 g/mol. The molecule has 1 aliphatic carbocycles. The summed E-state index contributed by atoms with van der Waals surface area (Å²) in [6.07, 6.45) is 3.96. The van der Waals surface area contributed by atoms with Crippen molar-refractivity contribution in [2.24, 2.45) is 11.8 Å². The number of carbonyl (C=O) groups is 2. The van der Waals surface area contributed by atoms with Gasteiger partial charge in [-0.3, -0.25) is 9.59 Å². The van der Waals surface area contributed by atoms with Gasteiger partial charge in [0.15, 0.2) is 0 Å². The minimum absolute atomic E-state index is 0.000556. The first-order valence-electron chi connectivity index (χ1n) is 5.11. The van der Waals surface area contributed by atoms with Crippen molar-refractivity contribution in [2.75, 3.05) is 0 Å². The smallest absolute Gasteiger partial charge is 0.310 e. The molecule has 0 aromatic carbocycles. The molecule has 78 valence electrons. The van der Waals surface area contributed by atoms with Gasteiger partial charge in [-0.05, 0) is 19.3 Å². The van der Waals surface area contributed by atoms with Crippen LogP contribution in [0, 0.1) is 11.8 Å². The molecule has 0 aromatic heterocycles. The number of aliphatic carboxylic acids is 1. The molecular formula is C10H14O4. The maximum absolute atomic E-state index is 11.4. The summed E-state index contributed by atoms with van der Waals surface area (Å²) in [5.74, 6) is -1.44. The summed E-state index contributed by atoms with van der Waals surface area (Å²) >= 11 is 0. The number of fused-ring (bicyclic) bond motifs is 1. The fourth-order valence-corrected chi connectivity index (χ4v) is 2.57. The van der Waals surface area contributed by atoms with Gasteiger partial charge in [-0.1, -0.05) is 6.42 Å². The quantitative estimate of drug-likeness (QED) is 0.677. The maximum Gasteiger partial charge on any atom is 0.310 e. The molecule has 0 amide bonds. The predicted octanol–water partition coefficient (Wildman–Crippen LogP) is 1.19. The molecular weight excluding hydrogens is 184 g/mol. The van der Waals surface area contributed by atoms with E-state index < -0.39 is 11.9 Å². The molecule has 4 nitrogen and oxygen atoms in total. The van der Waals surface area contributed by atoms with Crippen LogP contribution in [0.3, 0.4) is 0 Å². The molecule has 0 radical (unpaired) electrons. The fraction of sp³-hybridized carbons (Fsp3) is 0.800. The molecule has 1 saturated heterocycles. The molecule has 1 heterocycles. The number of ether oxygens (including phenoxy) is 1. The van der Waals surface area contributed by atoms with Crippen molar-refractivity contribution < 1.29 is 19.4 Å². The highest BCUT2D eigenvalue weighted by molar-refractivity contribution is 5.81. The van der Waals surface area contributed by atoms with Crippen LogP contribution in [0.15, 0.2) is 0 Å². The van der Waals surface area contributed by atoms with E-state index in [1.807, 2.05) is 0 Å². The van der Waals surface area contributed by atoms with Gasteiger partial charge < -0.3 is 9.84 Å². The number of carbonyl (C=O) groups excluding carboxylic acids is 1. The molecule has 1 N–H and O–H groups in total. The lowest BCUT2D eigenvalue weighted by atomic mass is 9.79. The molecule has 2 rings (SSSR count). The topological polar surface area (TPSA) is 63.6 Å². The highest BCUT2D eigenvalue weighted by Gasteiger charge is 2.45. The standard InChI is InChI=1S/C10H14O4/c11-9(12)5-7-6-3-1-2-4-8(6)14-10(7)13/h6-8H,1-5H2,(H,11,12)/t6-,7+,8-/m0/s1. The number of rotatable bonds is 2. The molecule has 0 unspecified atom stereocenters. The molecule has 4 heteroatoms. The molecule has 0 bridgehead atoms. The Morgan fingerprint density at radius 1 is 1.43 bits per heavy atom. The van der Waals surface area contributed by atoms with Gasteiger partial charge in [-0.25, -0.2) is 0 Å². The molecule has 14 heavy (non-hydrogen) atoms. The van der Waals surface area contributed by atoms with Crippen molar-refractivity contribution in [1.82, 2.24) is 0 Å². The van der Waals surface area contributed by atoms with Crippen LogP contribution in [0.1, 0.15) is 32.1 Å². The lowest BCUT2D eigenvalue weighted by Crippen LogP contribution is -2.26. The Kier molecular flexibility index (Phi) is 2.44. The van der Waals surface area contributed by atoms with Crippen LogP contribution in [0.5, 0.6) is 0 Å². The van der Waals surface area contributed by atoms with Crippen LogP contribution in [0.2, 0.25) is 0 Å². The lowest BCUT2D eigenvalue weighted by molar-refractivity contribution is -0.148. The second-order valence-corrected chi connectivity index (χ2v) is 4.13. The van der Waals surface area contributed by atoms with Gasteiger partial charge in [0.2, 0.25) is 0 Å². The van der Waals surface area contributed by atoms with Crippen LogP contribution < -0.4 is 0 Å². The van der Waals surface area contributed by atoms with Gasteiger partial charge in [0, 0.05) is 5.92 Å². The zero-order valence-corrected chi connectivity index (χ0v) is 7.94. The van der Waals surface area contributed by atoms with E-state index in [4.69, 9.17) is 9.84 Å². The van der Waals surface area contributed by atoms with Crippen molar-refractivity contribution >= 4 is 11.9 Å². The third-order valence-corrected chi connectivity index (χ3v) is 3.24. The van der Waals surface area contributed by atoms with Crippen LogP contribution >= 0.6 is 0 Å². The SMILES string of the molecule is O=C(O)C[C@H]1C(=O)O[C@H]2CCCC[C@H]21. The Hall–Kier alpha value is -1.06. The van der Waals surface area contributed by atoms with E-state index in [1.54, 1.807) is 0 Å². The summed E-state index contributed by atoms with van der Waals surface area (Å²) in [7, 11) is 0. The zero-order valence-electron chi connectivity index (χ0n) is 7.94. The van der Waals surface area contributed by atoms with E-state index in [0.717, 1.165) is 25.7 Å². The predicted molar refractivity (Wildman–Crippen MR) is 47.6 cm³/mol. The van der Waals surface area contributed by atoms with E-state index >= 15 is 0 Å². The highest BCUT2D eigenvalue weighted by Crippen LogP contribution is 2.40. The van der Waals surface area contributed by atoms with Crippen molar-refractivity contribution in [3.63, 3.8) is 0 Å². The summed E-state index contributed by atoms with van der Waals surface area (Å²) in [5.41, 5.74) is 0. The van der Waals surface area contributed by atoms with E-state index in [0.29, 0.717) is 0 Å². The summed E-state index contributed by atoms with van der Waals surface area (Å²) < 4.78 is 5.18. The summed E-state index contributed by atoms with van der Waals surface area (Å²) in [4.78, 5) is 22.0. The molecule has 1 saturated carbocycles. The molecule has 0 spiro atoms. The highest BCUT2D eigenvalue weighted by atomic mass is 16.6. The maximum atomic E-state index is 11.4. The van der Waals surface area contributed by atoms with Gasteiger partial charge in [-0.15, -0.1) is 0 Å². The summed E-state index contributed by atoms with van der Waals surface area (Å²) in [6.45, 7) is 0. The Morgan fingerprint density at radius 3 is 2.86 bits per heavy atom. The Labute approximate surface area is 82.2 Å². The van der Waals surface area contributed by atoms with Gasteiger partial charge in [0.1, 0.15) is 6.10 Å². The minimum Gasteiger partial charge on any atom is -0.481 e. The second-order valence-electron chi connectivity index (χ2n) is 4.13. The zero-order chi connectivity index (χ0) is 10.1. The second kappa shape index (κ2) is 3.59. The van der Waals surface area contributed by atoms with Crippen LogP contribution in [0.4, 0.5) is 0 Å². The molecule has 0 aromatic rings. The number of hydrogen-bond acceptors (Lipinski definition) is 3. The van der Waals surface area contributed by atoms with Crippen molar-refractivity contribution in [3.05, 3.63) is 0 Å². The van der Waals surface area contributed by atoms with E-state index in [-0.39, 0.29) is 24.4 Å². The first-order chi connectivity index (χ1) is 6.68. The van der Waals surface area contributed by atoms with Gasteiger partial charge >= 0.3 is 11.9 Å². The Balaban J connectivity index is 2.07. The number of hydrogen-bond donors (Lipinski definition) is 1. The third-order valence-electron chi connectivity index (χ3n) is 3.24. The summed E-state index contributed by atoms with van der Waals surface area (Å²) in [6, 6.07) is 0. The van der Waals surface area contributed by atoms with E-state index in [1.165, 1.54) is 0 Å². The van der Waals surface area contributed by atoms with Gasteiger partial charge in [0.05, 0.1) is 12.3 Å². The first kappa shape index (κ1) is 9.49. The van der Waals surface area contributed by atoms with Crippen molar-refractivity contribution in [1.29, 1.82) is 0 Å². The average Bonchev–Trinajstić information content (AvgIpc) is 2.43. The van der Waals surface area contributed by atoms with Crippen molar-refractivity contribution in [3.8, 4) is 0 Å². The largest absolute Gasteiger partial charge is 0.481 e. The third kappa shape index (κ3) is 1.61. The van der Waals surface area contributed by atoms with E-state index in [9.17, 15) is 9.59 Å². The number of carboxylic acids is 1. The molecule has 2 aliphatic rings. The Morgan fingerprint density at radius 2 is 2.14 bits per heavy atom. The first-order valence-corrected chi connectivity index (χ1v) is 5.11. The number of esters is 1. The van der Waals surface area contributed by atoms with Gasteiger partial charge in [-0.2, -0.15) is 0 Å².